The Labute approximate surface area is 180 Å². The van der Waals surface area contributed by atoms with Crippen molar-refractivity contribution in [2.45, 2.75) is 32.8 Å². The number of Topliss-reactive ketones (excluding diaryl/α,β-unsaturated/α-hetero) is 1. The lowest BCUT2D eigenvalue weighted by atomic mass is 10.1. The van der Waals surface area contributed by atoms with E-state index in [4.69, 9.17) is 18.9 Å². The van der Waals surface area contributed by atoms with Crippen molar-refractivity contribution in [2.24, 2.45) is 0 Å². The largest absolute Gasteiger partial charge is 0.494 e. The van der Waals surface area contributed by atoms with Gasteiger partial charge in [-0.05, 0) is 56.7 Å². The molecular weight excluding hydrogens is 402 g/mol. The third-order valence-corrected chi connectivity index (χ3v) is 4.54. The minimum Gasteiger partial charge on any atom is -0.494 e. The Kier molecular flexibility index (Phi) is 7.48. The minimum absolute atomic E-state index is 0.0126. The average molecular weight is 427 g/mol. The zero-order valence-electron chi connectivity index (χ0n) is 17.5. The second-order valence-electron chi connectivity index (χ2n) is 7.01. The summed E-state index contributed by atoms with van der Waals surface area (Å²) in [7, 11) is 0. The van der Waals surface area contributed by atoms with Crippen LogP contribution in [0.3, 0.4) is 0 Å². The molecule has 0 fully saturated rings. The molecular formula is C23H25NO7. The summed E-state index contributed by atoms with van der Waals surface area (Å²) in [5.41, 5.74) is 1.14. The van der Waals surface area contributed by atoms with Crippen LogP contribution in [0, 0.1) is 0 Å². The first-order valence-electron chi connectivity index (χ1n) is 10.1. The van der Waals surface area contributed by atoms with Crippen LogP contribution in [0.4, 0.5) is 5.69 Å². The lowest BCUT2D eigenvalue weighted by Gasteiger charge is -2.19. The van der Waals surface area contributed by atoms with Gasteiger partial charge in [0, 0.05) is 23.7 Å². The maximum atomic E-state index is 12.3. The number of esters is 1. The average Bonchev–Trinajstić information content (AvgIpc) is 2.77. The normalized spacial score (nSPS) is 13.1. The number of fused-ring (bicyclic) bond motifs is 1. The molecule has 0 saturated carbocycles. The van der Waals surface area contributed by atoms with E-state index in [0.29, 0.717) is 54.7 Å². The first kappa shape index (κ1) is 22.1. The molecule has 164 valence electrons. The number of benzene rings is 2. The Balaban J connectivity index is 1.37. The molecule has 0 spiro atoms. The molecule has 3 rings (SSSR count). The fraction of sp³-hybridized carbons (Fsp3) is 0.348. The Morgan fingerprint density at radius 3 is 2.45 bits per heavy atom. The molecule has 0 unspecified atom stereocenters. The van der Waals surface area contributed by atoms with Gasteiger partial charge in [-0.3, -0.25) is 14.4 Å². The summed E-state index contributed by atoms with van der Waals surface area (Å²) >= 11 is 0. The number of hydrogen-bond donors (Lipinski definition) is 1. The summed E-state index contributed by atoms with van der Waals surface area (Å²) in [6, 6.07) is 11.9. The summed E-state index contributed by atoms with van der Waals surface area (Å²) in [5.74, 6) is 0.865. The molecule has 0 radical (unpaired) electrons. The van der Waals surface area contributed by atoms with Crippen molar-refractivity contribution in [3.05, 3.63) is 48.0 Å². The van der Waals surface area contributed by atoms with Crippen molar-refractivity contribution in [2.75, 3.05) is 25.1 Å². The SMILES string of the molecule is CC(=O)c1ccc(OCCCC(=O)O[C@H](C)C(=O)Nc2ccc3c(c2)OCCO3)cc1. The first-order chi connectivity index (χ1) is 14.9. The predicted molar refractivity (Wildman–Crippen MR) is 113 cm³/mol. The maximum absolute atomic E-state index is 12.3. The number of carbonyl (C=O) groups excluding carboxylic acids is 3. The van der Waals surface area contributed by atoms with E-state index in [9.17, 15) is 14.4 Å². The Morgan fingerprint density at radius 1 is 1.03 bits per heavy atom. The van der Waals surface area contributed by atoms with E-state index < -0.39 is 18.0 Å². The van der Waals surface area contributed by atoms with Gasteiger partial charge in [-0.15, -0.1) is 0 Å². The molecule has 1 aliphatic heterocycles. The van der Waals surface area contributed by atoms with Gasteiger partial charge in [0.05, 0.1) is 6.61 Å². The van der Waals surface area contributed by atoms with Crippen LogP contribution in [-0.4, -0.2) is 43.6 Å². The highest BCUT2D eigenvalue weighted by Gasteiger charge is 2.19. The van der Waals surface area contributed by atoms with Gasteiger partial charge in [-0.1, -0.05) is 0 Å². The number of nitrogens with one attached hydrogen (secondary N) is 1. The highest BCUT2D eigenvalue weighted by Crippen LogP contribution is 2.32. The highest BCUT2D eigenvalue weighted by atomic mass is 16.6. The summed E-state index contributed by atoms with van der Waals surface area (Å²) in [6.07, 6.45) is -0.391. The molecule has 1 atom stereocenters. The smallest absolute Gasteiger partial charge is 0.306 e. The standard InChI is InChI=1S/C23H25NO7/c1-15(25)17-5-8-19(9-6-17)28-11-3-4-22(26)31-16(2)23(27)24-18-7-10-20-21(14-18)30-13-12-29-20/h5-10,14,16H,3-4,11-13H2,1-2H3,(H,24,27)/t16-/m1/s1. The van der Waals surface area contributed by atoms with E-state index in [1.807, 2.05) is 0 Å². The van der Waals surface area contributed by atoms with Crippen LogP contribution in [0.5, 0.6) is 17.2 Å². The number of anilines is 1. The first-order valence-corrected chi connectivity index (χ1v) is 10.1. The quantitative estimate of drug-likeness (QED) is 0.372. The Bertz CT molecular complexity index is 939. The van der Waals surface area contributed by atoms with Crippen LogP contribution >= 0.6 is 0 Å². The molecule has 1 aliphatic rings. The van der Waals surface area contributed by atoms with Crippen LogP contribution in [0.1, 0.15) is 37.0 Å². The number of rotatable bonds is 9. The third-order valence-electron chi connectivity index (χ3n) is 4.54. The zero-order chi connectivity index (χ0) is 22.2. The van der Waals surface area contributed by atoms with Gasteiger partial charge in [-0.2, -0.15) is 0 Å². The van der Waals surface area contributed by atoms with Gasteiger partial charge in [0.15, 0.2) is 23.4 Å². The number of hydrogen-bond acceptors (Lipinski definition) is 7. The van der Waals surface area contributed by atoms with E-state index in [-0.39, 0.29) is 12.2 Å². The number of amides is 1. The van der Waals surface area contributed by atoms with Crippen LogP contribution in [0.25, 0.3) is 0 Å². The molecule has 0 bridgehead atoms. The molecule has 31 heavy (non-hydrogen) atoms. The predicted octanol–water partition coefficient (Wildman–Crippen LogP) is 3.39. The van der Waals surface area contributed by atoms with Crippen molar-refractivity contribution < 1.29 is 33.3 Å². The Hall–Kier alpha value is -3.55. The Morgan fingerprint density at radius 2 is 1.74 bits per heavy atom. The van der Waals surface area contributed by atoms with Crippen LogP contribution in [0.2, 0.25) is 0 Å². The third kappa shape index (κ3) is 6.47. The zero-order valence-corrected chi connectivity index (χ0v) is 17.5. The van der Waals surface area contributed by atoms with Gasteiger partial charge < -0.3 is 24.3 Å². The molecule has 8 nitrogen and oxygen atoms in total. The van der Waals surface area contributed by atoms with E-state index >= 15 is 0 Å². The number of ether oxygens (including phenoxy) is 4. The van der Waals surface area contributed by atoms with E-state index in [1.54, 1.807) is 42.5 Å². The van der Waals surface area contributed by atoms with Crippen molar-refractivity contribution in [3.63, 3.8) is 0 Å². The molecule has 0 saturated heterocycles. The van der Waals surface area contributed by atoms with Crippen LogP contribution in [0.15, 0.2) is 42.5 Å². The van der Waals surface area contributed by atoms with Crippen molar-refractivity contribution >= 4 is 23.3 Å². The monoisotopic (exact) mass is 427 g/mol. The molecule has 2 aromatic carbocycles. The molecule has 1 N–H and O–H groups in total. The fourth-order valence-corrected chi connectivity index (χ4v) is 2.87. The van der Waals surface area contributed by atoms with Crippen molar-refractivity contribution in [3.8, 4) is 17.2 Å². The summed E-state index contributed by atoms with van der Waals surface area (Å²) < 4.78 is 21.7. The van der Waals surface area contributed by atoms with Gasteiger partial charge >= 0.3 is 5.97 Å². The van der Waals surface area contributed by atoms with Gasteiger partial charge in [0.25, 0.3) is 5.91 Å². The van der Waals surface area contributed by atoms with E-state index in [2.05, 4.69) is 5.32 Å². The summed E-state index contributed by atoms with van der Waals surface area (Å²) in [5, 5.41) is 2.70. The summed E-state index contributed by atoms with van der Waals surface area (Å²) in [4.78, 5) is 35.6. The molecule has 1 amide bonds. The van der Waals surface area contributed by atoms with Crippen molar-refractivity contribution in [1.29, 1.82) is 0 Å². The van der Waals surface area contributed by atoms with Gasteiger partial charge in [-0.25, -0.2) is 0 Å². The maximum Gasteiger partial charge on any atom is 0.306 e. The van der Waals surface area contributed by atoms with E-state index in [1.165, 1.54) is 13.8 Å². The van der Waals surface area contributed by atoms with Crippen LogP contribution in [-0.2, 0) is 14.3 Å². The fourth-order valence-electron chi connectivity index (χ4n) is 2.87. The highest BCUT2D eigenvalue weighted by molar-refractivity contribution is 5.95. The second kappa shape index (κ2) is 10.5. The molecule has 0 aromatic heterocycles. The number of carbonyl (C=O) groups is 3. The molecule has 1 heterocycles. The van der Waals surface area contributed by atoms with E-state index in [0.717, 1.165) is 0 Å². The summed E-state index contributed by atoms with van der Waals surface area (Å²) in [6.45, 7) is 4.26. The van der Waals surface area contributed by atoms with Gasteiger partial charge in [0.2, 0.25) is 0 Å². The molecule has 2 aromatic rings. The lowest BCUT2D eigenvalue weighted by molar-refractivity contribution is -0.153. The lowest BCUT2D eigenvalue weighted by Crippen LogP contribution is -2.30. The second-order valence-corrected chi connectivity index (χ2v) is 7.01. The topological polar surface area (TPSA) is 100 Å². The molecule has 8 heteroatoms. The van der Waals surface area contributed by atoms with Gasteiger partial charge in [0.1, 0.15) is 19.0 Å². The number of ketones is 1. The van der Waals surface area contributed by atoms with Crippen LogP contribution < -0.4 is 19.5 Å². The van der Waals surface area contributed by atoms with Crippen molar-refractivity contribution in [1.82, 2.24) is 0 Å². The molecule has 0 aliphatic carbocycles. The minimum atomic E-state index is -0.944.